The summed E-state index contributed by atoms with van der Waals surface area (Å²) in [6.07, 6.45) is 2.03. The summed E-state index contributed by atoms with van der Waals surface area (Å²) < 4.78 is 0. The van der Waals surface area contributed by atoms with Crippen LogP contribution in [0.25, 0.3) is 11.3 Å². The zero-order valence-electron chi connectivity index (χ0n) is 10.7. The van der Waals surface area contributed by atoms with Crippen LogP contribution in [0.1, 0.15) is 30.3 Å². The van der Waals surface area contributed by atoms with Crippen molar-refractivity contribution in [2.75, 3.05) is 6.54 Å². The van der Waals surface area contributed by atoms with Crippen LogP contribution in [0.4, 0.5) is 0 Å². The van der Waals surface area contributed by atoms with E-state index in [9.17, 15) is 4.79 Å². The second-order valence-corrected chi connectivity index (χ2v) is 4.72. The maximum absolute atomic E-state index is 11.8. The van der Waals surface area contributed by atoms with Gasteiger partial charge in [-0.25, -0.2) is 0 Å². The number of amides is 1. The summed E-state index contributed by atoms with van der Waals surface area (Å²) in [4.78, 5) is 11.8. The van der Waals surface area contributed by atoms with Crippen LogP contribution in [-0.2, 0) is 0 Å². The molecular formula is C14H16ClN3O. The molecule has 0 aliphatic rings. The van der Waals surface area contributed by atoms with E-state index in [2.05, 4.69) is 22.4 Å². The van der Waals surface area contributed by atoms with Gasteiger partial charge in [0.2, 0.25) is 0 Å². The molecule has 0 saturated carbocycles. The molecule has 0 bridgehead atoms. The van der Waals surface area contributed by atoms with E-state index in [1.807, 2.05) is 12.1 Å². The third kappa shape index (κ3) is 3.58. The molecule has 0 aliphatic carbocycles. The van der Waals surface area contributed by atoms with Crippen molar-refractivity contribution in [1.82, 2.24) is 15.5 Å². The first kappa shape index (κ1) is 13.6. The van der Waals surface area contributed by atoms with Crippen LogP contribution in [-0.4, -0.2) is 22.6 Å². The SMILES string of the molecule is CCCCNC(=O)c1cc(-c2ccc(Cl)cc2)n[nH]1. The highest BCUT2D eigenvalue weighted by atomic mass is 35.5. The Morgan fingerprint density at radius 2 is 2.11 bits per heavy atom. The van der Waals surface area contributed by atoms with Gasteiger partial charge in [-0.1, -0.05) is 37.1 Å². The Hall–Kier alpha value is -1.81. The van der Waals surface area contributed by atoms with Gasteiger partial charge < -0.3 is 5.32 Å². The van der Waals surface area contributed by atoms with Crippen molar-refractivity contribution in [3.05, 3.63) is 41.0 Å². The molecule has 2 N–H and O–H groups in total. The van der Waals surface area contributed by atoms with E-state index in [1.165, 1.54) is 0 Å². The van der Waals surface area contributed by atoms with Gasteiger partial charge in [0.1, 0.15) is 5.69 Å². The predicted octanol–water partition coefficient (Wildman–Crippen LogP) is 3.26. The molecule has 0 atom stereocenters. The number of aromatic amines is 1. The Morgan fingerprint density at radius 3 is 2.79 bits per heavy atom. The second kappa shape index (κ2) is 6.38. The first-order valence-corrected chi connectivity index (χ1v) is 6.68. The second-order valence-electron chi connectivity index (χ2n) is 4.28. The lowest BCUT2D eigenvalue weighted by atomic mass is 10.1. The van der Waals surface area contributed by atoms with Gasteiger partial charge in [0.25, 0.3) is 5.91 Å². The minimum absolute atomic E-state index is 0.124. The Labute approximate surface area is 117 Å². The fraction of sp³-hybridized carbons (Fsp3) is 0.286. The standard InChI is InChI=1S/C14H16ClN3O/c1-2-3-8-16-14(19)13-9-12(17-18-13)10-4-6-11(15)7-5-10/h4-7,9H,2-3,8H2,1H3,(H,16,19)(H,17,18). The van der Waals surface area contributed by atoms with Gasteiger partial charge in [0.15, 0.2) is 0 Å². The molecular weight excluding hydrogens is 262 g/mol. The maximum Gasteiger partial charge on any atom is 0.269 e. The van der Waals surface area contributed by atoms with Crippen molar-refractivity contribution in [3.63, 3.8) is 0 Å². The van der Waals surface area contributed by atoms with Crippen molar-refractivity contribution in [2.24, 2.45) is 0 Å². The van der Waals surface area contributed by atoms with Crippen LogP contribution in [0.2, 0.25) is 5.02 Å². The van der Waals surface area contributed by atoms with Crippen molar-refractivity contribution in [3.8, 4) is 11.3 Å². The molecule has 0 spiro atoms. The minimum atomic E-state index is -0.124. The number of halogens is 1. The number of hydrogen-bond acceptors (Lipinski definition) is 2. The lowest BCUT2D eigenvalue weighted by Crippen LogP contribution is -2.24. The Bertz CT molecular complexity index is 548. The first-order valence-electron chi connectivity index (χ1n) is 6.30. The predicted molar refractivity (Wildman–Crippen MR) is 76.3 cm³/mol. The molecule has 100 valence electrons. The molecule has 2 aromatic rings. The number of unbranched alkanes of at least 4 members (excludes halogenated alkanes) is 1. The summed E-state index contributed by atoms with van der Waals surface area (Å²) in [5.41, 5.74) is 2.13. The molecule has 2 rings (SSSR count). The lowest BCUT2D eigenvalue weighted by Gasteiger charge is -2.00. The van der Waals surface area contributed by atoms with Gasteiger partial charge >= 0.3 is 0 Å². The van der Waals surface area contributed by atoms with Gasteiger partial charge in [-0.15, -0.1) is 0 Å². The number of carbonyl (C=O) groups excluding carboxylic acids is 1. The first-order chi connectivity index (χ1) is 9.20. The van der Waals surface area contributed by atoms with Crippen molar-refractivity contribution in [2.45, 2.75) is 19.8 Å². The molecule has 0 radical (unpaired) electrons. The van der Waals surface area contributed by atoms with E-state index in [1.54, 1.807) is 18.2 Å². The summed E-state index contributed by atoms with van der Waals surface area (Å²) in [6.45, 7) is 2.77. The van der Waals surface area contributed by atoms with Crippen molar-refractivity contribution < 1.29 is 4.79 Å². The highest BCUT2D eigenvalue weighted by Gasteiger charge is 2.10. The van der Waals surface area contributed by atoms with E-state index < -0.39 is 0 Å². The molecule has 1 amide bonds. The average Bonchev–Trinajstić information content (AvgIpc) is 2.89. The molecule has 1 aromatic carbocycles. The minimum Gasteiger partial charge on any atom is -0.351 e. The van der Waals surface area contributed by atoms with Gasteiger partial charge in [0.05, 0.1) is 5.69 Å². The third-order valence-corrected chi connectivity index (χ3v) is 3.03. The summed E-state index contributed by atoms with van der Waals surface area (Å²) in [7, 11) is 0. The number of carbonyl (C=O) groups is 1. The summed E-state index contributed by atoms with van der Waals surface area (Å²) >= 11 is 5.83. The number of nitrogens with zero attached hydrogens (tertiary/aromatic N) is 1. The zero-order chi connectivity index (χ0) is 13.7. The molecule has 5 heteroatoms. The molecule has 0 saturated heterocycles. The van der Waals surface area contributed by atoms with Crippen LogP contribution in [0.15, 0.2) is 30.3 Å². The van der Waals surface area contributed by atoms with Crippen LogP contribution in [0, 0.1) is 0 Å². The van der Waals surface area contributed by atoms with Crippen molar-refractivity contribution >= 4 is 17.5 Å². The van der Waals surface area contributed by atoms with E-state index in [4.69, 9.17) is 11.6 Å². The fourth-order valence-corrected chi connectivity index (χ4v) is 1.81. The number of nitrogens with one attached hydrogen (secondary N) is 2. The summed E-state index contributed by atoms with van der Waals surface area (Å²) in [6, 6.07) is 9.08. The van der Waals surface area contributed by atoms with E-state index in [0.29, 0.717) is 17.3 Å². The normalized spacial score (nSPS) is 10.4. The van der Waals surface area contributed by atoms with E-state index >= 15 is 0 Å². The molecule has 0 unspecified atom stereocenters. The van der Waals surface area contributed by atoms with Crippen LogP contribution in [0.5, 0.6) is 0 Å². The molecule has 0 aliphatic heterocycles. The van der Waals surface area contributed by atoms with E-state index in [0.717, 1.165) is 24.1 Å². The number of H-pyrrole nitrogens is 1. The maximum atomic E-state index is 11.8. The summed E-state index contributed by atoms with van der Waals surface area (Å²) in [5, 5.41) is 10.4. The van der Waals surface area contributed by atoms with Crippen molar-refractivity contribution in [1.29, 1.82) is 0 Å². The largest absolute Gasteiger partial charge is 0.351 e. The monoisotopic (exact) mass is 277 g/mol. The number of aromatic nitrogens is 2. The van der Waals surface area contributed by atoms with E-state index in [-0.39, 0.29) is 5.91 Å². The molecule has 19 heavy (non-hydrogen) atoms. The smallest absolute Gasteiger partial charge is 0.269 e. The van der Waals surface area contributed by atoms with Gasteiger partial charge in [-0.05, 0) is 24.6 Å². The Morgan fingerprint density at radius 1 is 1.37 bits per heavy atom. The number of benzene rings is 1. The van der Waals surface area contributed by atoms with Crippen LogP contribution >= 0.6 is 11.6 Å². The van der Waals surface area contributed by atoms with Crippen LogP contribution in [0.3, 0.4) is 0 Å². The molecule has 4 nitrogen and oxygen atoms in total. The fourth-order valence-electron chi connectivity index (χ4n) is 1.68. The Balaban J connectivity index is 2.06. The lowest BCUT2D eigenvalue weighted by molar-refractivity contribution is 0.0948. The van der Waals surface area contributed by atoms with Gasteiger partial charge in [-0.3, -0.25) is 9.89 Å². The highest BCUT2D eigenvalue weighted by Crippen LogP contribution is 2.20. The zero-order valence-corrected chi connectivity index (χ0v) is 11.5. The molecule has 0 fully saturated rings. The molecule has 1 heterocycles. The van der Waals surface area contributed by atoms with Crippen LogP contribution < -0.4 is 5.32 Å². The number of rotatable bonds is 5. The topological polar surface area (TPSA) is 57.8 Å². The molecule has 1 aromatic heterocycles. The summed E-state index contributed by atoms with van der Waals surface area (Å²) in [5.74, 6) is -0.124. The quantitative estimate of drug-likeness (QED) is 0.824. The average molecular weight is 278 g/mol. The van der Waals surface area contributed by atoms with Gasteiger partial charge in [-0.2, -0.15) is 5.10 Å². The third-order valence-electron chi connectivity index (χ3n) is 2.78. The highest BCUT2D eigenvalue weighted by molar-refractivity contribution is 6.30. The Kier molecular flexibility index (Phi) is 4.58. The number of hydrogen-bond donors (Lipinski definition) is 2. The van der Waals surface area contributed by atoms with Gasteiger partial charge in [0, 0.05) is 17.1 Å².